The highest BCUT2D eigenvalue weighted by Gasteiger charge is 2.19. The van der Waals surface area contributed by atoms with E-state index in [0.717, 1.165) is 59.1 Å². The number of para-hydroxylation sites is 1. The fourth-order valence-corrected chi connectivity index (χ4v) is 5.50. The summed E-state index contributed by atoms with van der Waals surface area (Å²) in [6, 6.07) is 26.0. The zero-order valence-electron chi connectivity index (χ0n) is 21.2. The van der Waals surface area contributed by atoms with E-state index < -0.39 is 0 Å². The summed E-state index contributed by atoms with van der Waals surface area (Å²) in [5.41, 5.74) is 7.18. The molecule has 1 aliphatic heterocycles. The smallest absolute Gasteiger partial charge is 0.256 e. The van der Waals surface area contributed by atoms with Gasteiger partial charge in [-0.2, -0.15) is 0 Å². The maximum atomic E-state index is 13.0. The molecule has 3 heterocycles. The van der Waals surface area contributed by atoms with Crippen molar-refractivity contribution in [2.24, 2.45) is 7.05 Å². The monoisotopic (exact) mass is 476 g/mol. The van der Waals surface area contributed by atoms with Gasteiger partial charge in [0.15, 0.2) is 0 Å². The number of benzene rings is 3. The summed E-state index contributed by atoms with van der Waals surface area (Å²) in [7, 11) is 2.02. The fourth-order valence-electron chi connectivity index (χ4n) is 5.50. The van der Waals surface area contributed by atoms with Crippen LogP contribution < -0.4 is 10.5 Å². The number of nitrogens with zero attached hydrogens (tertiary/aromatic N) is 3. The molecule has 3 aromatic carbocycles. The van der Waals surface area contributed by atoms with Crippen LogP contribution in [0.25, 0.3) is 44.1 Å². The minimum absolute atomic E-state index is 0.0616. The van der Waals surface area contributed by atoms with Crippen molar-refractivity contribution in [3.8, 4) is 22.3 Å². The Bertz CT molecular complexity index is 1600. The standard InChI is InChI=1S/C31H32N4O/c1-21(2)34-14-16-35(17-15-34)25-11-8-22(9-12-25)23-10-13-29-24(18-23)19-27(31(36)32-29)28-20-33(3)30-7-5-4-6-26(28)30/h4-13,18-21H,14-17H2,1-3H3,(H,32,36). The highest BCUT2D eigenvalue weighted by atomic mass is 16.1. The topological polar surface area (TPSA) is 44.3 Å². The molecule has 5 aromatic rings. The predicted octanol–water partition coefficient (Wildman–Crippen LogP) is 5.88. The van der Waals surface area contributed by atoms with Gasteiger partial charge in [-0.05, 0) is 66.8 Å². The first kappa shape index (κ1) is 22.6. The fraction of sp³-hybridized carbons (Fsp3) is 0.258. The molecule has 5 heteroatoms. The molecule has 0 radical (unpaired) electrons. The summed E-state index contributed by atoms with van der Waals surface area (Å²) in [6.07, 6.45) is 2.05. The second kappa shape index (κ2) is 8.99. The maximum absolute atomic E-state index is 13.0. The van der Waals surface area contributed by atoms with Gasteiger partial charge in [0, 0.05) is 78.7 Å². The van der Waals surface area contributed by atoms with Crippen molar-refractivity contribution in [1.29, 1.82) is 0 Å². The van der Waals surface area contributed by atoms with E-state index in [1.807, 2.05) is 37.5 Å². The molecule has 0 aliphatic carbocycles. The van der Waals surface area contributed by atoms with Gasteiger partial charge in [0.25, 0.3) is 5.56 Å². The molecule has 2 aromatic heterocycles. The number of fused-ring (bicyclic) bond motifs is 2. The van der Waals surface area contributed by atoms with Crippen LogP contribution in [0.4, 0.5) is 5.69 Å². The molecule has 0 unspecified atom stereocenters. The number of aromatic amines is 1. The molecule has 0 saturated carbocycles. The number of nitrogens with one attached hydrogen (secondary N) is 1. The number of aryl methyl sites for hydroxylation is 1. The molecule has 0 bridgehead atoms. The Morgan fingerprint density at radius 1 is 0.806 bits per heavy atom. The van der Waals surface area contributed by atoms with Gasteiger partial charge >= 0.3 is 0 Å². The van der Waals surface area contributed by atoms with E-state index in [4.69, 9.17) is 0 Å². The molecule has 182 valence electrons. The van der Waals surface area contributed by atoms with Crippen LogP contribution >= 0.6 is 0 Å². The number of hydrogen-bond acceptors (Lipinski definition) is 3. The van der Waals surface area contributed by atoms with Gasteiger partial charge < -0.3 is 14.5 Å². The number of pyridine rings is 1. The lowest BCUT2D eigenvalue weighted by Gasteiger charge is -2.38. The van der Waals surface area contributed by atoms with Crippen LogP contribution in [0.3, 0.4) is 0 Å². The molecule has 1 N–H and O–H groups in total. The SMILES string of the molecule is CC(C)N1CCN(c2ccc(-c3ccc4[nH]c(=O)c(-c5cn(C)c6ccccc56)cc4c3)cc2)CC1. The molecule has 1 aliphatic rings. The molecule has 5 nitrogen and oxygen atoms in total. The molecule has 1 saturated heterocycles. The zero-order chi connectivity index (χ0) is 24.8. The summed E-state index contributed by atoms with van der Waals surface area (Å²) in [5.74, 6) is 0. The molecule has 0 spiro atoms. The van der Waals surface area contributed by atoms with Crippen LogP contribution in [0, 0.1) is 0 Å². The van der Waals surface area contributed by atoms with Crippen LogP contribution in [0.2, 0.25) is 0 Å². The summed E-state index contributed by atoms with van der Waals surface area (Å²) < 4.78 is 2.08. The third-order valence-electron chi connectivity index (χ3n) is 7.64. The quantitative estimate of drug-likeness (QED) is 0.352. The number of aromatic nitrogens is 2. The Labute approximate surface area is 211 Å². The van der Waals surface area contributed by atoms with Crippen molar-refractivity contribution in [2.75, 3.05) is 31.1 Å². The zero-order valence-corrected chi connectivity index (χ0v) is 21.2. The van der Waals surface area contributed by atoms with E-state index in [1.165, 1.54) is 11.3 Å². The van der Waals surface area contributed by atoms with Crippen molar-refractivity contribution in [2.45, 2.75) is 19.9 Å². The predicted molar refractivity (Wildman–Crippen MR) is 151 cm³/mol. The van der Waals surface area contributed by atoms with E-state index in [-0.39, 0.29) is 5.56 Å². The molecular weight excluding hydrogens is 444 g/mol. The Morgan fingerprint density at radius 2 is 1.53 bits per heavy atom. The Morgan fingerprint density at radius 3 is 2.28 bits per heavy atom. The number of anilines is 1. The lowest BCUT2D eigenvalue weighted by atomic mass is 10.00. The van der Waals surface area contributed by atoms with Crippen LogP contribution in [0.1, 0.15) is 13.8 Å². The third-order valence-corrected chi connectivity index (χ3v) is 7.64. The highest BCUT2D eigenvalue weighted by Crippen LogP contribution is 2.31. The number of piperazine rings is 1. The van der Waals surface area contributed by atoms with Crippen LogP contribution in [0.15, 0.2) is 83.8 Å². The van der Waals surface area contributed by atoms with E-state index in [2.05, 4.69) is 81.7 Å². The van der Waals surface area contributed by atoms with Gasteiger partial charge in [-0.3, -0.25) is 9.69 Å². The summed E-state index contributed by atoms with van der Waals surface area (Å²) in [6.45, 7) is 8.90. The minimum atomic E-state index is -0.0616. The van der Waals surface area contributed by atoms with Gasteiger partial charge in [-0.1, -0.05) is 36.4 Å². The number of hydrogen-bond donors (Lipinski definition) is 1. The van der Waals surface area contributed by atoms with Crippen LogP contribution in [-0.4, -0.2) is 46.7 Å². The van der Waals surface area contributed by atoms with Crippen molar-refractivity contribution in [3.63, 3.8) is 0 Å². The van der Waals surface area contributed by atoms with Crippen LogP contribution in [-0.2, 0) is 7.05 Å². The van der Waals surface area contributed by atoms with Gasteiger partial charge in [0.2, 0.25) is 0 Å². The molecular formula is C31H32N4O. The normalized spacial score (nSPS) is 14.8. The summed E-state index contributed by atoms with van der Waals surface area (Å²) >= 11 is 0. The largest absolute Gasteiger partial charge is 0.369 e. The highest BCUT2D eigenvalue weighted by molar-refractivity contribution is 5.98. The molecule has 1 fully saturated rings. The average molecular weight is 477 g/mol. The van der Waals surface area contributed by atoms with Gasteiger partial charge in [-0.25, -0.2) is 0 Å². The second-order valence-corrected chi connectivity index (χ2v) is 10.1. The first-order valence-electron chi connectivity index (χ1n) is 12.8. The van der Waals surface area contributed by atoms with Crippen molar-refractivity contribution < 1.29 is 0 Å². The van der Waals surface area contributed by atoms with Crippen molar-refractivity contribution in [1.82, 2.24) is 14.5 Å². The summed E-state index contributed by atoms with van der Waals surface area (Å²) in [4.78, 5) is 21.1. The third kappa shape index (κ3) is 3.99. The minimum Gasteiger partial charge on any atom is -0.369 e. The first-order chi connectivity index (χ1) is 17.5. The Balaban J connectivity index is 1.32. The number of rotatable bonds is 4. The lowest BCUT2D eigenvalue weighted by Crippen LogP contribution is -2.48. The maximum Gasteiger partial charge on any atom is 0.256 e. The van der Waals surface area contributed by atoms with E-state index >= 15 is 0 Å². The molecule has 6 rings (SSSR count). The first-order valence-corrected chi connectivity index (χ1v) is 12.8. The lowest BCUT2D eigenvalue weighted by molar-refractivity contribution is 0.209. The molecule has 0 amide bonds. The van der Waals surface area contributed by atoms with Gasteiger partial charge in [0.05, 0.1) is 0 Å². The molecule has 0 atom stereocenters. The van der Waals surface area contributed by atoms with Gasteiger partial charge in [0.1, 0.15) is 0 Å². The van der Waals surface area contributed by atoms with Crippen molar-refractivity contribution in [3.05, 3.63) is 89.3 Å². The van der Waals surface area contributed by atoms with Crippen molar-refractivity contribution >= 4 is 27.5 Å². The van der Waals surface area contributed by atoms with E-state index in [9.17, 15) is 4.79 Å². The summed E-state index contributed by atoms with van der Waals surface area (Å²) in [5, 5.41) is 2.12. The van der Waals surface area contributed by atoms with Gasteiger partial charge in [-0.15, -0.1) is 0 Å². The second-order valence-electron chi connectivity index (χ2n) is 10.1. The van der Waals surface area contributed by atoms with E-state index in [1.54, 1.807) is 0 Å². The Kier molecular flexibility index (Phi) is 5.65. The average Bonchev–Trinajstić information content (AvgIpc) is 3.24. The van der Waals surface area contributed by atoms with Crippen LogP contribution in [0.5, 0.6) is 0 Å². The van der Waals surface area contributed by atoms with E-state index in [0.29, 0.717) is 11.6 Å². The number of H-pyrrole nitrogens is 1. The Hall–Kier alpha value is -3.83. The molecule has 36 heavy (non-hydrogen) atoms.